The number of rotatable bonds is 4. The average Bonchev–Trinajstić information content (AvgIpc) is 3.07. The van der Waals surface area contributed by atoms with Crippen molar-refractivity contribution in [2.75, 3.05) is 12.3 Å². The number of benzene rings is 1. The second-order valence-electron chi connectivity index (χ2n) is 7.36. The minimum atomic E-state index is 0.260. The van der Waals surface area contributed by atoms with E-state index >= 15 is 0 Å². The Balaban J connectivity index is 1.41. The third kappa shape index (κ3) is 3.52. The molecule has 1 saturated heterocycles. The molecule has 1 aliphatic carbocycles. The van der Waals surface area contributed by atoms with Gasteiger partial charge in [0, 0.05) is 25.2 Å². The Labute approximate surface area is 159 Å². The van der Waals surface area contributed by atoms with Gasteiger partial charge < -0.3 is 9.47 Å². The summed E-state index contributed by atoms with van der Waals surface area (Å²) in [4.78, 5) is 15.0. The number of hydrogen-bond donors (Lipinski definition) is 0. The van der Waals surface area contributed by atoms with Crippen molar-refractivity contribution in [2.45, 2.75) is 49.7 Å². The maximum absolute atomic E-state index is 12.9. The molecule has 2 aromatic rings. The van der Waals surface area contributed by atoms with Crippen LogP contribution in [-0.2, 0) is 11.8 Å². The van der Waals surface area contributed by atoms with Crippen LogP contribution in [0, 0.1) is 5.92 Å². The van der Waals surface area contributed by atoms with Crippen molar-refractivity contribution in [3.63, 3.8) is 0 Å². The first kappa shape index (κ1) is 17.6. The van der Waals surface area contributed by atoms with Crippen LogP contribution in [-0.4, -0.2) is 43.9 Å². The van der Waals surface area contributed by atoms with Crippen molar-refractivity contribution < 1.29 is 4.79 Å². The lowest BCUT2D eigenvalue weighted by molar-refractivity contribution is -0.134. The summed E-state index contributed by atoms with van der Waals surface area (Å²) in [5, 5.41) is 9.41. The highest BCUT2D eigenvalue weighted by molar-refractivity contribution is 7.99. The van der Waals surface area contributed by atoms with E-state index in [1.807, 2.05) is 41.9 Å². The smallest absolute Gasteiger partial charge is 0.233 e. The highest BCUT2D eigenvalue weighted by atomic mass is 32.2. The Bertz CT molecular complexity index is 758. The number of piperidine rings is 1. The quantitative estimate of drug-likeness (QED) is 0.769. The summed E-state index contributed by atoms with van der Waals surface area (Å²) in [5.74, 6) is 2.27. The topological polar surface area (TPSA) is 51.0 Å². The maximum atomic E-state index is 12.9. The number of carbonyl (C=O) groups excluding carboxylic acids is 1. The summed E-state index contributed by atoms with van der Waals surface area (Å²) in [7, 11) is 1.97. The van der Waals surface area contributed by atoms with E-state index in [1.54, 1.807) is 0 Å². The van der Waals surface area contributed by atoms with Gasteiger partial charge in [0.1, 0.15) is 0 Å². The third-order valence-corrected chi connectivity index (χ3v) is 6.76. The van der Waals surface area contributed by atoms with Crippen LogP contribution in [0.1, 0.15) is 38.5 Å². The number of aromatic nitrogens is 3. The molecule has 5 nitrogen and oxygen atoms in total. The van der Waals surface area contributed by atoms with Crippen molar-refractivity contribution in [2.24, 2.45) is 13.0 Å². The first-order valence-corrected chi connectivity index (χ1v) is 10.6. The van der Waals surface area contributed by atoms with Crippen molar-refractivity contribution in [1.82, 2.24) is 19.7 Å². The number of hydrogen-bond acceptors (Lipinski definition) is 4. The summed E-state index contributed by atoms with van der Waals surface area (Å²) in [5.41, 5.74) is 1.04. The van der Waals surface area contributed by atoms with Gasteiger partial charge in [-0.05, 0) is 31.6 Å². The predicted molar refractivity (Wildman–Crippen MR) is 104 cm³/mol. The summed E-state index contributed by atoms with van der Waals surface area (Å²) >= 11 is 1.50. The van der Waals surface area contributed by atoms with E-state index in [0.29, 0.717) is 11.8 Å². The maximum Gasteiger partial charge on any atom is 0.233 e. The van der Waals surface area contributed by atoms with E-state index in [1.165, 1.54) is 43.9 Å². The number of thioether (sulfide) groups is 1. The van der Waals surface area contributed by atoms with Gasteiger partial charge in [0.05, 0.1) is 5.75 Å². The van der Waals surface area contributed by atoms with Gasteiger partial charge >= 0.3 is 0 Å². The second kappa shape index (κ2) is 7.82. The van der Waals surface area contributed by atoms with E-state index in [9.17, 15) is 4.79 Å². The largest absolute Gasteiger partial charge is 0.339 e. The Morgan fingerprint density at radius 2 is 1.88 bits per heavy atom. The standard InChI is InChI=1S/C20H26N4OS/c1-23-19(16-9-3-2-4-10-16)21-22-20(23)26-14-18(25)24-13-7-11-15-8-5-6-12-17(15)24/h2-4,9-10,15,17H,5-8,11-14H2,1H3. The minimum absolute atomic E-state index is 0.260. The monoisotopic (exact) mass is 370 g/mol. The summed E-state index contributed by atoms with van der Waals surface area (Å²) < 4.78 is 1.98. The first-order valence-electron chi connectivity index (χ1n) is 9.61. The van der Waals surface area contributed by atoms with Crippen molar-refractivity contribution >= 4 is 17.7 Å². The number of fused-ring (bicyclic) bond motifs is 1. The van der Waals surface area contributed by atoms with E-state index in [0.717, 1.165) is 35.4 Å². The summed E-state index contributed by atoms with van der Waals surface area (Å²) in [6, 6.07) is 10.5. The van der Waals surface area contributed by atoms with Gasteiger partial charge in [0.15, 0.2) is 11.0 Å². The van der Waals surface area contributed by atoms with E-state index < -0.39 is 0 Å². The zero-order chi connectivity index (χ0) is 17.9. The molecule has 138 valence electrons. The minimum Gasteiger partial charge on any atom is -0.339 e. The van der Waals surface area contributed by atoms with Crippen LogP contribution in [0.15, 0.2) is 35.5 Å². The molecule has 0 spiro atoms. The lowest BCUT2D eigenvalue weighted by atomic mass is 9.78. The van der Waals surface area contributed by atoms with Crippen LogP contribution < -0.4 is 0 Å². The molecule has 1 saturated carbocycles. The van der Waals surface area contributed by atoms with Crippen LogP contribution in [0.5, 0.6) is 0 Å². The molecule has 2 aliphatic rings. The number of nitrogens with zero attached hydrogens (tertiary/aromatic N) is 4. The van der Waals surface area contributed by atoms with Crippen LogP contribution in [0.2, 0.25) is 0 Å². The molecule has 6 heteroatoms. The van der Waals surface area contributed by atoms with Crippen molar-refractivity contribution in [3.8, 4) is 11.4 Å². The molecule has 1 aliphatic heterocycles. The average molecular weight is 371 g/mol. The molecule has 1 aromatic heterocycles. The number of likely N-dealkylation sites (tertiary alicyclic amines) is 1. The first-order chi connectivity index (χ1) is 12.7. The Morgan fingerprint density at radius 3 is 2.73 bits per heavy atom. The van der Waals surface area contributed by atoms with Crippen LogP contribution in [0.4, 0.5) is 0 Å². The van der Waals surface area contributed by atoms with Gasteiger partial charge in [-0.3, -0.25) is 4.79 Å². The summed E-state index contributed by atoms with van der Waals surface area (Å²) in [6.45, 7) is 0.925. The fourth-order valence-electron chi connectivity index (χ4n) is 4.42. The molecule has 1 amide bonds. The molecule has 2 atom stereocenters. The number of carbonyl (C=O) groups is 1. The van der Waals surface area contributed by atoms with Crippen LogP contribution in [0.25, 0.3) is 11.4 Å². The SMILES string of the molecule is Cn1c(SCC(=O)N2CCCC3CCCCC32)nnc1-c1ccccc1. The lowest BCUT2D eigenvalue weighted by Gasteiger charge is -2.44. The molecular formula is C20H26N4OS. The molecule has 2 unspecified atom stereocenters. The zero-order valence-electron chi connectivity index (χ0n) is 15.3. The van der Waals surface area contributed by atoms with Crippen molar-refractivity contribution in [3.05, 3.63) is 30.3 Å². The fraction of sp³-hybridized carbons (Fsp3) is 0.550. The molecule has 2 heterocycles. The highest BCUT2D eigenvalue weighted by Crippen LogP contribution is 2.35. The molecule has 0 bridgehead atoms. The van der Waals surface area contributed by atoms with Gasteiger partial charge in [-0.15, -0.1) is 10.2 Å². The normalized spacial score (nSPS) is 22.9. The molecule has 26 heavy (non-hydrogen) atoms. The molecule has 0 radical (unpaired) electrons. The van der Waals surface area contributed by atoms with E-state index in [2.05, 4.69) is 15.1 Å². The lowest BCUT2D eigenvalue weighted by Crippen LogP contribution is -2.50. The Morgan fingerprint density at radius 1 is 1.12 bits per heavy atom. The molecular weight excluding hydrogens is 344 g/mol. The predicted octanol–water partition coefficient (Wildman–Crippen LogP) is 3.76. The molecule has 4 rings (SSSR count). The molecule has 1 aromatic carbocycles. The van der Waals surface area contributed by atoms with E-state index in [-0.39, 0.29) is 5.91 Å². The number of amides is 1. The van der Waals surface area contributed by atoms with Crippen LogP contribution in [0.3, 0.4) is 0 Å². The fourth-order valence-corrected chi connectivity index (χ4v) is 5.22. The van der Waals surface area contributed by atoms with Gasteiger partial charge in [-0.2, -0.15) is 0 Å². The van der Waals surface area contributed by atoms with Crippen LogP contribution >= 0.6 is 11.8 Å². The van der Waals surface area contributed by atoms with Gasteiger partial charge in [-0.1, -0.05) is 54.9 Å². The second-order valence-corrected chi connectivity index (χ2v) is 8.30. The van der Waals surface area contributed by atoms with Gasteiger partial charge in [0.25, 0.3) is 0 Å². The molecule has 2 fully saturated rings. The van der Waals surface area contributed by atoms with E-state index in [4.69, 9.17) is 0 Å². The van der Waals surface area contributed by atoms with Gasteiger partial charge in [-0.25, -0.2) is 0 Å². The third-order valence-electron chi connectivity index (χ3n) is 5.76. The Hall–Kier alpha value is -1.82. The zero-order valence-corrected chi connectivity index (χ0v) is 16.1. The summed E-state index contributed by atoms with van der Waals surface area (Å²) in [6.07, 6.45) is 7.53. The highest BCUT2D eigenvalue weighted by Gasteiger charge is 2.35. The van der Waals surface area contributed by atoms with Crippen molar-refractivity contribution in [1.29, 1.82) is 0 Å². The van der Waals surface area contributed by atoms with Gasteiger partial charge in [0.2, 0.25) is 5.91 Å². The molecule has 0 N–H and O–H groups in total. The Kier molecular flexibility index (Phi) is 5.29.